The molecule has 0 amide bonds. The van der Waals surface area contributed by atoms with E-state index in [0.717, 1.165) is 4.88 Å². The van der Waals surface area contributed by atoms with Crippen molar-refractivity contribution in [2.75, 3.05) is 12.4 Å². The number of hydrogen-bond donors (Lipinski definition) is 0. The van der Waals surface area contributed by atoms with Crippen LogP contribution in [-0.2, 0) is 22.1 Å². The molecular weight excluding hydrogens is 337 g/mol. The van der Waals surface area contributed by atoms with Crippen LogP contribution < -0.4 is 0 Å². The predicted molar refractivity (Wildman–Crippen MR) is 79.2 cm³/mol. The Morgan fingerprint density at radius 1 is 1.50 bits per heavy atom. The van der Waals surface area contributed by atoms with E-state index in [1.165, 1.54) is 24.2 Å². The highest BCUT2D eigenvalue weighted by molar-refractivity contribution is 7.87. The summed E-state index contributed by atoms with van der Waals surface area (Å²) in [4.78, 5) is 9.89. The summed E-state index contributed by atoms with van der Waals surface area (Å²) < 4.78 is 48.6. The zero-order chi connectivity index (χ0) is 15.9. The minimum absolute atomic E-state index is 0.214. The number of rotatable bonds is 9. The molecule has 2 rings (SSSR count). The van der Waals surface area contributed by atoms with Gasteiger partial charge in [0.05, 0.1) is 10.8 Å². The molecule has 122 valence electrons. The number of aromatic nitrogens is 1. The second-order valence-corrected chi connectivity index (χ2v) is 7.65. The van der Waals surface area contributed by atoms with Crippen molar-refractivity contribution in [2.24, 2.45) is 11.1 Å². The molecule has 1 aromatic heterocycles. The van der Waals surface area contributed by atoms with Crippen LogP contribution in [0.4, 0.5) is 13.2 Å². The van der Waals surface area contributed by atoms with Gasteiger partial charge in [-0.05, 0) is 18.8 Å². The number of hydrogen-bond acceptors (Lipinski definition) is 5. The summed E-state index contributed by atoms with van der Waals surface area (Å²) in [6.45, 7) is 0.638. The Balaban J connectivity index is 1.74. The number of oxime groups is 1. The molecule has 0 aliphatic heterocycles. The smallest absolute Gasteiger partial charge is 0.301 e. The molecule has 1 atom stereocenters. The van der Waals surface area contributed by atoms with Crippen molar-refractivity contribution in [1.82, 2.24) is 4.98 Å². The molecule has 1 aliphatic carbocycles. The first-order chi connectivity index (χ1) is 10.6. The molecule has 0 saturated heterocycles. The van der Waals surface area contributed by atoms with Gasteiger partial charge < -0.3 is 4.84 Å². The summed E-state index contributed by atoms with van der Waals surface area (Å²) in [6, 6.07) is 0. The predicted octanol–water partition coefficient (Wildman–Crippen LogP) is 3.67. The van der Waals surface area contributed by atoms with Gasteiger partial charge in [-0.25, -0.2) is 9.37 Å². The van der Waals surface area contributed by atoms with E-state index in [1.807, 2.05) is 0 Å². The van der Waals surface area contributed by atoms with Crippen LogP contribution in [0.5, 0.6) is 0 Å². The first kappa shape index (κ1) is 17.1. The lowest BCUT2D eigenvalue weighted by Gasteiger charge is -1.96. The molecule has 0 radical (unpaired) electrons. The fraction of sp³-hybridized carbons (Fsp3) is 0.538. The quantitative estimate of drug-likeness (QED) is 0.503. The van der Waals surface area contributed by atoms with E-state index < -0.39 is 29.1 Å². The summed E-state index contributed by atoms with van der Waals surface area (Å²) in [5.74, 6) is -1.10. The molecule has 0 N–H and O–H groups in total. The SMILES string of the molecule is O=[S@@](CCC(F)=C(F)F)c1ncc(C/C=N\OCC2CC2)s1. The molecule has 1 saturated carbocycles. The third-order valence-electron chi connectivity index (χ3n) is 2.89. The maximum Gasteiger partial charge on any atom is 0.301 e. The maximum absolute atomic E-state index is 12.7. The van der Waals surface area contributed by atoms with E-state index in [0.29, 0.717) is 23.3 Å². The topological polar surface area (TPSA) is 51.5 Å². The van der Waals surface area contributed by atoms with Crippen LogP contribution in [0.3, 0.4) is 0 Å². The van der Waals surface area contributed by atoms with Crippen molar-refractivity contribution in [3.05, 3.63) is 23.0 Å². The lowest BCUT2D eigenvalue weighted by molar-refractivity contribution is 0.135. The minimum atomic E-state index is -2.36. The van der Waals surface area contributed by atoms with Gasteiger partial charge in [-0.15, -0.1) is 11.3 Å². The van der Waals surface area contributed by atoms with Crippen molar-refractivity contribution >= 4 is 28.4 Å². The lowest BCUT2D eigenvalue weighted by Crippen LogP contribution is -1.98. The van der Waals surface area contributed by atoms with Gasteiger partial charge in [0.15, 0.2) is 10.2 Å². The number of nitrogens with zero attached hydrogens (tertiary/aromatic N) is 2. The van der Waals surface area contributed by atoms with Crippen molar-refractivity contribution in [3.8, 4) is 0 Å². The fourth-order valence-corrected chi connectivity index (χ4v) is 3.71. The van der Waals surface area contributed by atoms with E-state index >= 15 is 0 Å². The monoisotopic (exact) mass is 352 g/mol. The summed E-state index contributed by atoms with van der Waals surface area (Å²) in [5, 5.41) is 3.82. The van der Waals surface area contributed by atoms with Crippen LogP contribution in [0.25, 0.3) is 0 Å². The highest BCUT2D eigenvalue weighted by Crippen LogP contribution is 2.28. The maximum atomic E-state index is 12.7. The molecule has 0 unspecified atom stereocenters. The molecule has 22 heavy (non-hydrogen) atoms. The van der Waals surface area contributed by atoms with Gasteiger partial charge in [0.2, 0.25) is 0 Å². The van der Waals surface area contributed by atoms with Crippen LogP contribution in [0.1, 0.15) is 24.1 Å². The van der Waals surface area contributed by atoms with E-state index in [2.05, 4.69) is 10.1 Å². The van der Waals surface area contributed by atoms with Crippen LogP contribution in [0, 0.1) is 5.92 Å². The van der Waals surface area contributed by atoms with Crippen LogP contribution in [0.2, 0.25) is 0 Å². The Morgan fingerprint density at radius 3 is 2.95 bits per heavy atom. The molecular formula is C13H15F3N2O2S2. The van der Waals surface area contributed by atoms with E-state index in [-0.39, 0.29) is 5.75 Å². The summed E-state index contributed by atoms with van der Waals surface area (Å²) in [6.07, 6.45) is 3.12. The lowest BCUT2D eigenvalue weighted by atomic mass is 10.4. The Morgan fingerprint density at radius 2 is 2.27 bits per heavy atom. The molecule has 9 heteroatoms. The normalized spacial score (nSPS) is 16.0. The first-order valence-electron chi connectivity index (χ1n) is 6.72. The highest BCUT2D eigenvalue weighted by Gasteiger charge is 2.21. The third kappa shape index (κ3) is 5.88. The zero-order valence-corrected chi connectivity index (χ0v) is 13.3. The van der Waals surface area contributed by atoms with Crippen molar-refractivity contribution in [2.45, 2.75) is 30.0 Å². The Bertz CT molecular complexity index is 582. The molecule has 0 spiro atoms. The molecule has 0 bridgehead atoms. The van der Waals surface area contributed by atoms with Crippen molar-refractivity contribution in [1.29, 1.82) is 0 Å². The van der Waals surface area contributed by atoms with Gasteiger partial charge in [-0.1, -0.05) is 5.16 Å². The summed E-state index contributed by atoms with van der Waals surface area (Å²) in [5.41, 5.74) is 0. The van der Waals surface area contributed by atoms with Crippen LogP contribution in [0.15, 0.2) is 27.6 Å². The molecule has 1 heterocycles. The second kappa shape index (κ2) is 8.42. The fourth-order valence-electron chi connectivity index (χ4n) is 1.47. The molecule has 1 aromatic rings. The molecule has 4 nitrogen and oxygen atoms in total. The van der Waals surface area contributed by atoms with Gasteiger partial charge in [-0.2, -0.15) is 8.78 Å². The van der Waals surface area contributed by atoms with E-state index in [1.54, 1.807) is 12.4 Å². The van der Waals surface area contributed by atoms with Gasteiger partial charge in [0.25, 0.3) is 0 Å². The van der Waals surface area contributed by atoms with Crippen molar-refractivity contribution in [3.63, 3.8) is 0 Å². The Hall–Kier alpha value is -1.22. The van der Waals surface area contributed by atoms with E-state index in [9.17, 15) is 17.4 Å². The standard InChI is InChI=1S/C13H15F3N2O2S2/c14-11(12(15)16)4-6-22(19)13-17-7-10(21-13)3-5-18-20-8-9-1-2-9/h5,7,9H,1-4,6,8H2/b18-5-/t22-/m0/s1. The van der Waals surface area contributed by atoms with Gasteiger partial charge >= 0.3 is 6.08 Å². The number of halogens is 3. The average Bonchev–Trinajstić information content (AvgIpc) is 3.20. The summed E-state index contributed by atoms with van der Waals surface area (Å²) in [7, 11) is -1.58. The van der Waals surface area contributed by atoms with E-state index in [4.69, 9.17) is 4.84 Å². The molecule has 1 fully saturated rings. The first-order valence-corrected chi connectivity index (χ1v) is 8.86. The largest absolute Gasteiger partial charge is 0.396 e. The highest BCUT2D eigenvalue weighted by atomic mass is 32.2. The average molecular weight is 352 g/mol. The minimum Gasteiger partial charge on any atom is -0.396 e. The van der Waals surface area contributed by atoms with Crippen LogP contribution in [-0.4, -0.2) is 27.8 Å². The second-order valence-electron chi connectivity index (χ2n) is 4.79. The van der Waals surface area contributed by atoms with Gasteiger partial charge in [-0.3, -0.25) is 4.21 Å². The zero-order valence-electron chi connectivity index (χ0n) is 11.6. The molecule has 1 aliphatic rings. The summed E-state index contributed by atoms with van der Waals surface area (Å²) >= 11 is 1.19. The Labute approximate surface area is 132 Å². The van der Waals surface area contributed by atoms with Crippen molar-refractivity contribution < 1.29 is 22.2 Å². The number of allylic oxidation sites excluding steroid dienone is 1. The van der Waals surface area contributed by atoms with Gasteiger partial charge in [0, 0.05) is 35.9 Å². The van der Waals surface area contributed by atoms with Gasteiger partial charge in [0.1, 0.15) is 6.61 Å². The third-order valence-corrected chi connectivity index (χ3v) is 5.58. The number of thiazole rings is 1. The van der Waals surface area contributed by atoms with Crippen LogP contribution >= 0.6 is 11.3 Å². The molecule has 0 aromatic carbocycles. The Kier molecular flexibility index (Phi) is 6.56.